The van der Waals surface area contributed by atoms with E-state index in [9.17, 15) is 0 Å². The second kappa shape index (κ2) is 5.98. The molecule has 0 aliphatic heterocycles. The summed E-state index contributed by atoms with van der Waals surface area (Å²) in [5.41, 5.74) is 2.14. The maximum atomic E-state index is 5.51. The molecule has 0 radical (unpaired) electrons. The van der Waals surface area contributed by atoms with Gasteiger partial charge in [0, 0.05) is 13.1 Å². The predicted octanol–water partition coefficient (Wildman–Crippen LogP) is 3.80. The minimum Gasteiger partial charge on any atom is -0.444 e. The van der Waals surface area contributed by atoms with Crippen molar-refractivity contribution in [1.82, 2.24) is 9.88 Å². The summed E-state index contributed by atoms with van der Waals surface area (Å²) >= 11 is 1.64. The Morgan fingerprint density at radius 1 is 1.56 bits per heavy atom. The molecule has 0 bridgehead atoms. The summed E-state index contributed by atoms with van der Waals surface area (Å²) < 4.78 is 5.51. The summed E-state index contributed by atoms with van der Waals surface area (Å²) in [5, 5.41) is 2.03. The Bertz CT molecular complexity index is 502. The van der Waals surface area contributed by atoms with Gasteiger partial charge in [-0.2, -0.15) is 0 Å². The molecule has 18 heavy (non-hydrogen) atoms. The van der Waals surface area contributed by atoms with Crippen LogP contribution in [0.4, 0.5) is 0 Å². The number of likely N-dealkylation sites (N-methyl/N-ethyl adjacent to an activating group) is 1. The number of oxazole rings is 1. The minimum absolute atomic E-state index is 0.714. The molecule has 4 heteroatoms. The number of hydrogen-bond donors (Lipinski definition) is 0. The van der Waals surface area contributed by atoms with Gasteiger partial charge in [-0.1, -0.05) is 25.1 Å². The number of hydrogen-bond acceptors (Lipinski definition) is 4. The third-order valence-electron chi connectivity index (χ3n) is 2.61. The molecule has 0 saturated carbocycles. The summed E-state index contributed by atoms with van der Waals surface area (Å²) in [5.74, 6) is 0.714. The highest BCUT2D eigenvalue weighted by atomic mass is 32.1. The van der Waals surface area contributed by atoms with Crippen molar-refractivity contribution in [2.45, 2.75) is 20.4 Å². The van der Waals surface area contributed by atoms with Crippen LogP contribution in [0, 0.1) is 0 Å². The average molecular weight is 262 g/mol. The van der Waals surface area contributed by atoms with E-state index in [2.05, 4.69) is 23.4 Å². The molecule has 2 aromatic heterocycles. The molecule has 0 unspecified atom stereocenters. The average Bonchev–Trinajstić information content (AvgIpc) is 2.97. The van der Waals surface area contributed by atoms with Crippen LogP contribution in [0.5, 0.6) is 0 Å². The van der Waals surface area contributed by atoms with Crippen LogP contribution in [0.1, 0.15) is 19.5 Å². The van der Waals surface area contributed by atoms with Gasteiger partial charge in [0.05, 0.1) is 10.6 Å². The molecule has 2 heterocycles. The lowest BCUT2D eigenvalue weighted by atomic mass is 10.3. The minimum atomic E-state index is 0.714. The molecule has 2 rings (SSSR count). The number of aromatic nitrogens is 1. The molecular formula is C14H18N2OS. The molecule has 0 amide bonds. The van der Waals surface area contributed by atoms with Gasteiger partial charge < -0.3 is 4.42 Å². The summed E-state index contributed by atoms with van der Waals surface area (Å²) in [4.78, 5) is 7.88. The molecule has 0 fully saturated rings. The van der Waals surface area contributed by atoms with E-state index in [0.717, 1.165) is 30.2 Å². The smallest absolute Gasteiger partial charge is 0.236 e. The van der Waals surface area contributed by atoms with Gasteiger partial charge in [-0.15, -0.1) is 11.3 Å². The molecule has 0 aliphatic carbocycles. The maximum absolute atomic E-state index is 5.51. The topological polar surface area (TPSA) is 29.3 Å². The first-order valence-electron chi connectivity index (χ1n) is 6.04. The highest BCUT2D eigenvalue weighted by Gasteiger charge is 2.10. The van der Waals surface area contributed by atoms with Gasteiger partial charge >= 0.3 is 0 Å². The van der Waals surface area contributed by atoms with Gasteiger partial charge in [0.25, 0.3) is 0 Å². The second-order valence-corrected chi connectivity index (χ2v) is 5.33. The first kappa shape index (κ1) is 13.1. The standard InChI is InChI=1S/C14H18N2OS/c1-4-16(8-11(2)3)9-12-10-17-14(15-12)13-6-5-7-18-13/h5-7,10H,2,4,8-9H2,1,3H3. The van der Waals surface area contributed by atoms with Gasteiger partial charge in [0.1, 0.15) is 6.26 Å². The Morgan fingerprint density at radius 2 is 2.39 bits per heavy atom. The van der Waals surface area contributed by atoms with Crippen LogP contribution in [-0.2, 0) is 6.54 Å². The van der Waals surface area contributed by atoms with Crippen molar-refractivity contribution in [3.63, 3.8) is 0 Å². The molecule has 0 N–H and O–H groups in total. The molecule has 0 aliphatic rings. The molecule has 3 nitrogen and oxygen atoms in total. The van der Waals surface area contributed by atoms with Crippen LogP contribution in [0.15, 0.2) is 40.3 Å². The SMILES string of the molecule is C=C(C)CN(CC)Cc1coc(-c2cccs2)n1. The van der Waals surface area contributed by atoms with Crippen molar-refractivity contribution in [3.05, 3.63) is 41.6 Å². The van der Waals surface area contributed by atoms with E-state index < -0.39 is 0 Å². The lowest BCUT2D eigenvalue weighted by molar-refractivity contribution is 0.300. The molecular weight excluding hydrogens is 244 g/mol. The Kier molecular flexibility index (Phi) is 4.33. The van der Waals surface area contributed by atoms with E-state index in [4.69, 9.17) is 4.42 Å². The van der Waals surface area contributed by atoms with Gasteiger partial charge in [0.2, 0.25) is 5.89 Å². The largest absolute Gasteiger partial charge is 0.444 e. The van der Waals surface area contributed by atoms with E-state index in [-0.39, 0.29) is 0 Å². The van der Waals surface area contributed by atoms with Gasteiger partial charge in [-0.05, 0) is 24.9 Å². The van der Waals surface area contributed by atoms with Crippen LogP contribution in [0.25, 0.3) is 10.8 Å². The molecule has 2 aromatic rings. The Labute approximate surface area is 112 Å². The normalized spacial score (nSPS) is 11.1. The zero-order chi connectivity index (χ0) is 13.0. The number of rotatable bonds is 6. The van der Waals surface area contributed by atoms with Crippen molar-refractivity contribution < 1.29 is 4.42 Å². The number of nitrogens with zero attached hydrogens (tertiary/aromatic N) is 2. The van der Waals surface area contributed by atoms with Gasteiger partial charge in [-0.25, -0.2) is 4.98 Å². The zero-order valence-corrected chi connectivity index (χ0v) is 11.7. The van der Waals surface area contributed by atoms with Gasteiger partial charge in [-0.3, -0.25) is 4.90 Å². The predicted molar refractivity (Wildman–Crippen MR) is 75.6 cm³/mol. The van der Waals surface area contributed by atoms with Crippen molar-refractivity contribution in [2.75, 3.05) is 13.1 Å². The first-order valence-corrected chi connectivity index (χ1v) is 6.92. The van der Waals surface area contributed by atoms with Crippen molar-refractivity contribution in [2.24, 2.45) is 0 Å². The highest BCUT2D eigenvalue weighted by molar-refractivity contribution is 7.13. The quantitative estimate of drug-likeness (QED) is 0.741. The monoisotopic (exact) mass is 262 g/mol. The fourth-order valence-electron chi connectivity index (χ4n) is 1.78. The zero-order valence-electron chi connectivity index (χ0n) is 10.8. The van der Waals surface area contributed by atoms with E-state index in [1.54, 1.807) is 17.6 Å². The second-order valence-electron chi connectivity index (χ2n) is 4.38. The highest BCUT2D eigenvalue weighted by Crippen LogP contribution is 2.23. The maximum Gasteiger partial charge on any atom is 0.236 e. The van der Waals surface area contributed by atoms with Crippen LogP contribution in [0.2, 0.25) is 0 Å². The van der Waals surface area contributed by atoms with Crippen molar-refractivity contribution in [3.8, 4) is 10.8 Å². The van der Waals surface area contributed by atoms with Crippen LogP contribution >= 0.6 is 11.3 Å². The van der Waals surface area contributed by atoms with Crippen molar-refractivity contribution >= 4 is 11.3 Å². The summed E-state index contributed by atoms with van der Waals surface area (Å²) in [7, 11) is 0. The van der Waals surface area contributed by atoms with E-state index in [1.165, 1.54) is 5.57 Å². The summed E-state index contributed by atoms with van der Waals surface area (Å²) in [6.07, 6.45) is 1.75. The fraction of sp³-hybridized carbons (Fsp3) is 0.357. The fourth-order valence-corrected chi connectivity index (χ4v) is 2.44. The summed E-state index contributed by atoms with van der Waals surface area (Å²) in [6, 6.07) is 4.02. The van der Waals surface area contributed by atoms with Crippen LogP contribution in [-0.4, -0.2) is 23.0 Å². The molecule has 0 saturated heterocycles. The molecule has 96 valence electrons. The van der Waals surface area contributed by atoms with Crippen molar-refractivity contribution in [1.29, 1.82) is 0 Å². The van der Waals surface area contributed by atoms with E-state index in [0.29, 0.717) is 5.89 Å². The Morgan fingerprint density at radius 3 is 3.00 bits per heavy atom. The third kappa shape index (κ3) is 3.31. The Hall–Kier alpha value is -1.39. The van der Waals surface area contributed by atoms with Gasteiger partial charge in [0.15, 0.2) is 0 Å². The number of thiophene rings is 1. The first-order chi connectivity index (χ1) is 8.69. The van der Waals surface area contributed by atoms with E-state index in [1.807, 2.05) is 24.4 Å². The van der Waals surface area contributed by atoms with Crippen LogP contribution < -0.4 is 0 Å². The summed E-state index contributed by atoms with van der Waals surface area (Å²) in [6.45, 7) is 10.8. The van der Waals surface area contributed by atoms with Crippen LogP contribution in [0.3, 0.4) is 0 Å². The lowest BCUT2D eigenvalue weighted by Crippen LogP contribution is -2.24. The lowest BCUT2D eigenvalue weighted by Gasteiger charge is -2.18. The molecule has 0 spiro atoms. The molecule has 0 atom stereocenters. The Balaban J connectivity index is 2.04. The van der Waals surface area contributed by atoms with E-state index >= 15 is 0 Å². The third-order valence-corrected chi connectivity index (χ3v) is 3.47. The molecule has 0 aromatic carbocycles.